The van der Waals surface area contributed by atoms with E-state index in [0.29, 0.717) is 5.69 Å². The first-order chi connectivity index (χ1) is 8.04. The average molecular weight is 235 g/mol. The highest BCUT2D eigenvalue weighted by Gasteiger charge is 2.12. The molecule has 0 aromatic heterocycles. The van der Waals surface area contributed by atoms with Gasteiger partial charge >= 0.3 is 5.97 Å². The monoisotopic (exact) mass is 235 g/mol. The van der Waals surface area contributed by atoms with Crippen LogP contribution < -0.4 is 5.32 Å². The van der Waals surface area contributed by atoms with Gasteiger partial charge in [0.1, 0.15) is 17.9 Å². The number of hydrogen-bond donors (Lipinski definition) is 2. The molecule has 0 saturated heterocycles. The Bertz CT molecular complexity index is 454. The van der Waals surface area contributed by atoms with Gasteiger partial charge in [-0.25, -0.2) is 4.79 Å². The van der Waals surface area contributed by atoms with Crippen molar-refractivity contribution in [1.29, 1.82) is 0 Å². The SMILES string of the molecule is C=CCOC(=O)c1ccc(NC(C)=O)cc1O. The number of hydrogen-bond acceptors (Lipinski definition) is 4. The maximum Gasteiger partial charge on any atom is 0.342 e. The highest BCUT2D eigenvalue weighted by atomic mass is 16.5. The number of rotatable bonds is 4. The van der Waals surface area contributed by atoms with Crippen LogP contribution in [0.4, 0.5) is 5.69 Å². The fraction of sp³-hybridized carbons (Fsp3) is 0.167. The quantitative estimate of drug-likeness (QED) is 0.615. The van der Waals surface area contributed by atoms with E-state index in [1.165, 1.54) is 31.2 Å². The summed E-state index contributed by atoms with van der Waals surface area (Å²) in [5, 5.41) is 12.1. The van der Waals surface area contributed by atoms with Crippen LogP contribution in [0.15, 0.2) is 30.9 Å². The van der Waals surface area contributed by atoms with Gasteiger partial charge in [-0.1, -0.05) is 12.7 Å². The largest absolute Gasteiger partial charge is 0.507 e. The molecule has 5 nitrogen and oxygen atoms in total. The maximum atomic E-state index is 11.4. The van der Waals surface area contributed by atoms with Crippen molar-refractivity contribution in [3.05, 3.63) is 36.4 Å². The van der Waals surface area contributed by atoms with Crippen LogP contribution in [0.3, 0.4) is 0 Å². The first-order valence-corrected chi connectivity index (χ1v) is 4.93. The second-order valence-electron chi connectivity index (χ2n) is 3.30. The van der Waals surface area contributed by atoms with E-state index in [0.717, 1.165) is 0 Å². The Morgan fingerprint density at radius 3 is 2.76 bits per heavy atom. The maximum absolute atomic E-state index is 11.4. The van der Waals surface area contributed by atoms with Crippen LogP contribution >= 0.6 is 0 Å². The Hall–Kier alpha value is -2.30. The van der Waals surface area contributed by atoms with E-state index in [4.69, 9.17) is 4.74 Å². The molecule has 0 radical (unpaired) electrons. The summed E-state index contributed by atoms with van der Waals surface area (Å²) < 4.78 is 4.77. The molecule has 0 heterocycles. The van der Waals surface area contributed by atoms with Gasteiger partial charge in [-0.2, -0.15) is 0 Å². The van der Waals surface area contributed by atoms with Crippen molar-refractivity contribution in [3.8, 4) is 5.75 Å². The van der Waals surface area contributed by atoms with Crippen molar-refractivity contribution in [2.45, 2.75) is 6.92 Å². The molecule has 0 spiro atoms. The van der Waals surface area contributed by atoms with Crippen LogP contribution in [0.25, 0.3) is 0 Å². The Balaban J connectivity index is 2.85. The van der Waals surface area contributed by atoms with Crippen LogP contribution in [-0.2, 0) is 9.53 Å². The lowest BCUT2D eigenvalue weighted by molar-refractivity contribution is -0.114. The fourth-order valence-corrected chi connectivity index (χ4v) is 1.20. The first kappa shape index (κ1) is 12.8. The van der Waals surface area contributed by atoms with E-state index >= 15 is 0 Å². The number of esters is 1. The molecule has 0 fully saturated rings. The molecule has 1 aromatic rings. The molecule has 5 heteroatoms. The fourth-order valence-electron chi connectivity index (χ4n) is 1.20. The summed E-state index contributed by atoms with van der Waals surface area (Å²) in [6.45, 7) is 4.83. The number of phenols is 1. The summed E-state index contributed by atoms with van der Waals surface area (Å²) in [7, 11) is 0. The molecule has 0 bridgehead atoms. The van der Waals surface area contributed by atoms with Crippen molar-refractivity contribution in [2.24, 2.45) is 0 Å². The number of benzene rings is 1. The van der Waals surface area contributed by atoms with Gasteiger partial charge in [-0.3, -0.25) is 4.79 Å². The predicted molar refractivity (Wildman–Crippen MR) is 62.9 cm³/mol. The highest BCUT2D eigenvalue weighted by molar-refractivity contribution is 5.94. The number of phenolic OH excluding ortho intramolecular Hbond substituents is 1. The average Bonchev–Trinajstić information content (AvgIpc) is 2.25. The van der Waals surface area contributed by atoms with E-state index in [1.807, 2.05) is 0 Å². The second kappa shape index (κ2) is 5.69. The van der Waals surface area contributed by atoms with Crippen LogP contribution in [0.1, 0.15) is 17.3 Å². The molecular formula is C12H13NO4. The molecule has 17 heavy (non-hydrogen) atoms. The number of aromatic hydroxyl groups is 1. The zero-order valence-electron chi connectivity index (χ0n) is 9.40. The lowest BCUT2D eigenvalue weighted by atomic mass is 10.2. The number of carbonyl (C=O) groups excluding carboxylic acids is 2. The molecule has 0 atom stereocenters. The molecule has 2 N–H and O–H groups in total. The van der Waals surface area contributed by atoms with E-state index in [2.05, 4.69) is 11.9 Å². The summed E-state index contributed by atoms with van der Waals surface area (Å²) in [4.78, 5) is 22.2. The molecule has 1 amide bonds. The molecular weight excluding hydrogens is 222 g/mol. The number of carbonyl (C=O) groups is 2. The van der Waals surface area contributed by atoms with Gasteiger partial charge in [0, 0.05) is 18.7 Å². The minimum Gasteiger partial charge on any atom is -0.507 e. The molecule has 0 saturated carbocycles. The third-order valence-corrected chi connectivity index (χ3v) is 1.87. The summed E-state index contributed by atoms with van der Waals surface area (Å²) in [6.07, 6.45) is 1.43. The van der Waals surface area contributed by atoms with Crippen LogP contribution in [0.5, 0.6) is 5.75 Å². The van der Waals surface area contributed by atoms with Crippen LogP contribution in [0, 0.1) is 0 Å². The lowest BCUT2D eigenvalue weighted by Crippen LogP contribution is -2.08. The molecule has 1 aromatic carbocycles. The van der Waals surface area contributed by atoms with Gasteiger partial charge < -0.3 is 15.2 Å². The Labute approximate surface area is 98.7 Å². The Morgan fingerprint density at radius 2 is 2.24 bits per heavy atom. The van der Waals surface area contributed by atoms with Gasteiger partial charge in [0.05, 0.1) is 0 Å². The predicted octanol–water partition coefficient (Wildman–Crippen LogP) is 1.69. The smallest absolute Gasteiger partial charge is 0.342 e. The van der Waals surface area contributed by atoms with Gasteiger partial charge in [0.25, 0.3) is 0 Å². The molecule has 90 valence electrons. The minimum atomic E-state index is -0.642. The van der Waals surface area contributed by atoms with Crippen molar-refractivity contribution < 1.29 is 19.4 Å². The van der Waals surface area contributed by atoms with Crippen LogP contribution in [-0.4, -0.2) is 23.6 Å². The zero-order valence-corrected chi connectivity index (χ0v) is 9.40. The van der Waals surface area contributed by atoms with Gasteiger partial charge in [0.2, 0.25) is 5.91 Å². The third-order valence-electron chi connectivity index (χ3n) is 1.87. The van der Waals surface area contributed by atoms with E-state index in [9.17, 15) is 14.7 Å². The molecule has 0 unspecified atom stereocenters. The molecule has 0 aliphatic rings. The summed E-state index contributed by atoms with van der Waals surface area (Å²) in [5.41, 5.74) is 0.455. The van der Waals surface area contributed by atoms with Gasteiger partial charge in [-0.05, 0) is 12.1 Å². The van der Waals surface area contributed by atoms with E-state index < -0.39 is 5.97 Å². The van der Waals surface area contributed by atoms with Crippen molar-refractivity contribution in [2.75, 3.05) is 11.9 Å². The third kappa shape index (κ3) is 3.64. The number of anilines is 1. The van der Waals surface area contributed by atoms with Crippen molar-refractivity contribution in [1.82, 2.24) is 0 Å². The standard InChI is InChI=1S/C12H13NO4/c1-3-6-17-12(16)10-5-4-9(7-11(10)15)13-8(2)14/h3-5,7,15H,1,6H2,2H3,(H,13,14). The van der Waals surface area contributed by atoms with E-state index in [1.54, 1.807) is 0 Å². The zero-order chi connectivity index (χ0) is 12.8. The van der Waals surface area contributed by atoms with Gasteiger partial charge in [0.15, 0.2) is 0 Å². The second-order valence-corrected chi connectivity index (χ2v) is 3.30. The van der Waals surface area contributed by atoms with Gasteiger partial charge in [-0.15, -0.1) is 0 Å². The van der Waals surface area contributed by atoms with Crippen LogP contribution in [0.2, 0.25) is 0 Å². The molecule has 1 rings (SSSR count). The Morgan fingerprint density at radius 1 is 1.53 bits per heavy atom. The Kier molecular flexibility index (Phi) is 4.28. The normalized spacial score (nSPS) is 9.47. The topological polar surface area (TPSA) is 75.6 Å². The number of ether oxygens (including phenoxy) is 1. The molecule has 0 aliphatic heterocycles. The summed E-state index contributed by atoms with van der Waals surface area (Å²) in [5.74, 6) is -1.14. The lowest BCUT2D eigenvalue weighted by Gasteiger charge is -2.07. The van der Waals surface area contributed by atoms with E-state index in [-0.39, 0.29) is 23.8 Å². The minimum absolute atomic E-state index is 0.0425. The number of amides is 1. The first-order valence-electron chi connectivity index (χ1n) is 4.93. The molecule has 0 aliphatic carbocycles. The highest BCUT2D eigenvalue weighted by Crippen LogP contribution is 2.22. The number of nitrogens with one attached hydrogen (secondary N) is 1. The summed E-state index contributed by atoms with van der Waals surface area (Å²) >= 11 is 0. The summed E-state index contributed by atoms with van der Waals surface area (Å²) in [6, 6.07) is 4.17. The van der Waals surface area contributed by atoms with Crippen molar-refractivity contribution >= 4 is 17.6 Å². The van der Waals surface area contributed by atoms with Crippen molar-refractivity contribution in [3.63, 3.8) is 0 Å².